The molecule has 0 heterocycles. The van der Waals surface area contributed by atoms with Crippen molar-refractivity contribution in [3.8, 4) is 0 Å². The summed E-state index contributed by atoms with van der Waals surface area (Å²) in [4.78, 5) is 29.4. The Morgan fingerprint density at radius 2 is 1.48 bits per heavy atom. The number of carboxylic acid groups (broad SMARTS) is 1. The van der Waals surface area contributed by atoms with E-state index in [9.17, 15) is 25.0 Å². The first-order valence-electron chi connectivity index (χ1n) is 6.08. The van der Waals surface area contributed by atoms with Crippen LogP contribution in [-0.2, 0) is 0 Å². The third-order valence-corrected chi connectivity index (χ3v) is 2.51. The Bertz CT molecular complexity index is 447. The number of nitro benzene ring substituents is 2. The largest absolute Gasteiger partial charge is 0.478 e. The molecule has 0 saturated heterocycles. The average Bonchev–Trinajstić information content (AvgIpc) is 2.46. The first kappa shape index (κ1) is 18.4. The highest BCUT2D eigenvalue weighted by Crippen LogP contribution is 2.22. The van der Waals surface area contributed by atoms with E-state index in [0.29, 0.717) is 6.07 Å². The van der Waals surface area contributed by atoms with Crippen molar-refractivity contribution in [3.05, 3.63) is 44.0 Å². The molecule has 0 amide bonds. The fraction of sp³-hybridized carbons (Fsp3) is 0.417. The molecule has 0 aliphatic carbocycles. The van der Waals surface area contributed by atoms with E-state index in [2.05, 4.69) is 0 Å². The topological polar surface area (TPSA) is 144 Å². The van der Waals surface area contributed by atoms with Gasteiger partial charge in [0.1, 0.15) is 0 Å². The molecule has 0 saturated carbocycles. The maximum atomic E-state index is 10.5. The maximum absolute atomic E-state index is 10.5. The van der Waals surface area contributed by atoms with Crippen molar-refractivity contribution in [2.45, 2.75) is 32.8 Å². The lowest BCUT2D eigenvalue weighted by Gasteiger charge is -1.98. The van der Waals surface area contributed by atoms with Gasteiger partial charge in [-0.25, -0.2) is 4.79 Å². The van der Waals surface area contributed by atoms with Crippen LogP contribution in [-0.4, -0.2) is 32.1 Å². The second-order valence-corrected chi connectivity index (χ2v) is 4.03. The summed E-state index contributed by atoms with van der Waals surface area (Å²) in [6, 6.07) is 2.22. The van der Waals surface area contributed by atoms with Crippen LogP contribution in [0.25, 0.3) is 0 Å². The van der Waals surface area contributed by atoms with Crippen LogP contribution >= 0.6 is 0 Å². The van der Waals surface area contributed by atoms with Crippen molar-refractivity contribution >= 4 is 17.3 Å². The lowest BCUT2D eigenvalue weighted by Crippen LogP contribution is -2.00. The van der Waals surface area contributed by atoms with Crippen LogP contribution in [0.2, 0.25) is 0 Å². The van der Waals surface area contributed by atoms with E-state index in [0.717, 1.165) is 25.0 Å². The van der Waals surface area contributed by atoms with Gasteiger partial charge in [-0.2, -0.15) is 0 Å². The highest BCUT2D eigenvalue weighted by atomic mass is 16.6. The van der Waals surface area contributed by atoms with Crippen LogP contribution in [0.3, 0.4) is 0 Å². The molecule has 0 aliphatic heterocycles. The zero-order chi connectivity index (χ0) is 16.6. The van der Waals surface area contributed by atoms with Crippen LogP contribution in [0.5, 0.6) is 0 Å². The second kappa shape index (κ2) is 8.59. The number of hydrogen-bond acceptors (Lipinski definition) is 6. The first-order valence-corrected chi connectivity index (χ1v) is 6.08. The molecule has 1 aromatic rings. The molecule has 0 unspecified atom stereocenters. The van der Waals surface area contributed by atoms with Crippen molar-refractivity contribution < 1.29 is 24.9 Å². The number of nitrogens with zero attached hydrogens (tertiary/aromatic N) is 2. The monoisotopic (exact) mass is 300 g/mol. The molecular formula is C12H16N2O7. The molecule has 1 aromatic carbocycles. The zero-order valence-electron chi connectivity index (χ0n) is 11.6. The van der Waals surface area contributed by atoms with Gasteiger partial charge in [0.05, 0.1) is 27.6 Å². The number of aliphatic hydroxyl groups excluding tert-OH is 1. The highest BCUT2D eigenvalue weighted by molar-refractivity contribution is 5.89. The molecule has 9 nitrogen and oxygen atoms in total. The molecule has 0 atom stereocenters. The van der Waals surface area contributed by atoms with Gasteiger partial charge in [-0.05, 0) is 12.8 Å². The van der Waals surface area contributed by atoms with Gasteiger partial charge in [0.15, 0.2) is 0 Å². The van der Waals surface area contributed by atoms with Crippen LogP contribution in [0.15, 0.2) is 18.2 Å². The first-order chi connectivity index (χ1) is 9.72. The van der Waals surface area contributed by atoms with Gasteiger partial charge >= 0.3 is 5.97 Å². The molecule has 1 rings (SSSR count). The van der Waals surface area contributed by atoms with E-state index in [1.807, 2.05) is 13.8 Å². The minimum atomic E-state index is -1.46. The average molecular weight is 300 g/mol. The van der Waals surface area contributed by atoms with E-state index >= 15 is 0 Å². The van der Waals surface area contributed by atoms with Crippen molar-refractivity contribution in [3.63, 3.8) is 0 Å². The van der Waals surface area contributed by atoms with Crippen LogP contribution in [0.4, 0.5) is 11.4 Å². The Morgan fingerprint density at radius 1 is 1.10 bits per heavy atom. The van der Waals surface area contributed by atoms with Crippen molar-refractivity contribution in [1.29, 1.82) is 0 Å². The Labute approximate surface area is 120 Å². The quantitative estimate of drug-likeness (QED) is 0.627. The van der Waals surface area contributed by atoms with Crippen LogP contribution in [0, 0.1) is 20.2 Å². The predicted octanol–water partition coefficient (Wildman–Crippen LogP) is 2.37. The summed E-state index contributed by atoms with van der Waals surface area (Å²) in [5, 5.41) is 37.9. The molecule has 2 N–H and O–H groups in total. The van der Waals surface area contributed by atoms with Crippen LogP contribution < -0.4 is 0 Å². The number of rotatable bonds is 5. The summed E-state index contributed by atoms with van der Waals surface area (Å²) in [7, 11) is 0. The number of carbonyl (C=O) groups is 1. The molecule has 0 radical (unpaired) electrons. The van der Waals surface area contributed by atoms with E-state index in [1.165, 1.54) is 0 Å². The van der Waals surface area contributed by atoms with Gasteiger partial charge in [0, 0.05) is 12.1 Å². The smallest absolute Gasteiger partial charge is 0.336 e. The summed E-state index contributed by atoms with van der Waals surface area (Å²) < 4.78 is 0. The lowest BCUT2D eigenvalue weighted by atomic mass is 10.2. The van der Waals surface area contributed by atoms with Crippen LogP contribution in [0.1, 0.15) is 37.0 Å². The van der Waals surface area contributed by atoms with Gasteiger partial charge in [-0.15, -0.1) is 0 Å². The Morgan fingerprint density at radius 3 is 1.67 bits per heavy atom. The number of non-ortho nitro benzene ring substituents is 2. The Kier molecular flexibility index (Phi) is 7.54. The molecule has 0 aliphatic rings. The van der Waals surface area contributed by atoms with E-state index in [1.54, 1.807) is 0 Å². The highest BCUT2D eigenvalue weighted by Gasteiger charge is 2.19. The minimum Gasteiger partial charge on any atom is -0.478 e. The number of aromatic carboxylic acids is 1. The fourth-order valence-corrected chi connectivity index (χ4v) is 1.22. The minimum absolute atomic E-state index is 0.0648. The standard InChI is InChI=1S/C7H4N2O6.C5H12O/c10-7(11)4-1-5(8(12)13)3-6(2-4)9(14)15;1-3-5(6)4-2/h1-3H,(H,10,11);5-6H,3-4H2,1-2H3. The van der Waals surface area contributed by atoms with Crippen molar-refractivity contribution in [2.24, 2.45) is 0 Å². The van der Waals surface area contributed by atoms with E-state index in [-0.39, 0.29) is 6.10 Å². The Hall–Kier alpha value is -2.55. The van der Waals surface area contributed by atoms with Gasteiger partial charge in [-0.3, -0.25) is 20.2 Å². The van der Waals surface area contributed by atoms with Gasteiger partial charge in [0.2, 0.25) is 0 Å². The van der Waals surface area contributed by atoms with Gasteiger partial charge in [0.25, 0.3) is 11.4 Å². The van der Waals surface area contributed by atoms with E-state index in [4.69, 9.17) is 10.2 Å². The number of benzene rings is 1. The maximum Gasteiger partial charge on any atom is 0.336 e. The van der Waals surface area contributed by atoms with Crippen molar-refractivity contribution in [1.82, 2.24) is 0 Å². The molecule has 116 valence electrons. The number of hydrogen-bond donors (Lipinski definition) is 2. The summed E-state index contributed by atoms with van der Waals surface area (Å²) in [5.41, 5.74) is -1.74. The fourth-order valence-electron chi connectivity index (χ4n) is 1.22. The molecule has 21 heavy (non-hydrogen) atoms. The molecular weight excluding hydrogens is 284 g/mol. The predicted molar refractivity (Wildman–Crippen MR) is 73.3 cm³/mol. The number of carboxylic acids is 1. The molecule has 0 spiro atoms. The van der Waals surface area contributed by atoms with E-state index < -0.39 is 32.8 Å². The lowest BCUT2D eigenvalue weighted by molar-refractivity contribution is -0.394. The summed E-state index contributed by atoms with van der Waals surface area (Å²) in [6.07, 6.45) is 1.71. The molecule has 9 heteroatoms. The zero-order valence-corrected chi connectivity index (χ0v) is 11.6. The molecule has 0 bridgehead atoms. The summed E-state index contributed by atoms with van der Waals surface area (Å²) in [6.45, 7) is 3.96. The van der Waals surface area contributed by atoms with Gasteiger partial charge in [-0.1, -0.05) is 13.8 Å². The number of nitro groups is 2. The summed E-state index contributed by atoms with van der Waals surface area (Å²) >= 11 is 0. The number of aliphatic hydroxyl groups is 1. The molecule has 0 fully saturated rings. The third kappa shape index (κ3) is 6.43. The SMILES string of the molecule is CCC(O)CC.O=C(O)c1cc([N+](=O)[O-])cc([N+](=O)[O-])c1. The summed E-state index contributed by atoms with van der Waals surface area (Å²) in [5.74, 6) is -1.46. The second-order valence-electron chi connectivity index (χ2n) is 4.03. The normalized spacial score (nSPS) is 9.71. The third-order valence-electron chi connectivity index (χ3n) is 2.51. The van der Waals surface area contributed by atoms with Crippen molar-refractivity contribution in [2.75, 3.05) is 0 Å². The Balaban J connectivity index is 0.000000567. The van der Waals surface area contributed by atoms with Gasteiger partial charge < -0.3 is 10.2 Å². The molecule has 0 aromatic heterocycles.